The lowest BCUT2D eigenvalue weighted by atomic mass is 10.3. The molecule has 0 N–H and O–H groups in total. The van der Waals surface area contributed by atoms with Crippen molar-refractivity contribution in [1.29, 1.82) is 0 Å². The predicted molar refractivity (Wildman–Crippen MR) is 53.9 cm³/mol. The lowest BCUT2D eigenvalue weighted by molar-refractivity contribution is -0.141. The van der Waals surface area contributed by atoms with E-state index < -0.39 is 11.9 Å². The van der Waals surface area contributed by atoms with E-state index in [1.54, 1.807) is 6.92 Å². The van der Waals surface area contributed by atoms with Crippen LogP contribution in [-0.4, -0.2) is 19.7 Å². The van der Waals surface area contributed by atoms with Crippen LogP contribution in [0.5, 0.6) is 0 Å². The molecule has 0 aromatic carbocycles. The molecule has 0 spiro atoms. The van der Waals surface area contributed by atoms with Gasteiger partial charge in [-0.05, 0) is 24.6 Å². The minimum Gasteiger partial charge on any atom is -0.226 e. The van der Waals surface area contributed by atoms with E-state index in [2.05, 4.69) is 15.1 Å². The SMILES string of the molecule is Cc1cnc(Cl)nc1-n1ccc(C(F)(F)F)n1. The lowest BCUT2D eigenvalue weighted by Gasteiger charge is -2.04. The molecule has 0 aliphatic heterocycles. The van der Waals surface area contributed by atoms with Crippen molar-refractivity contribution in [2.24, 2.45) is 0 Å². The van der Waals surface area contributed by atoms with E-state index in [1.165, 1.54) is 12.4 Å². The van der Waals surface area contributed by atoms with E-state index in [-0.39, 0.29) is 11.1 Å². The third-order valence-electron chi connectivity index (χ3n) is 2.01. The van der Waals surface area contributed by atoms with Crippen molar-refractivity contribution in [3.63, 3.8) is 0 Å². The minimum absolute atomic E-state index is 0.0466. The number of nitrogens with zero attached hydrogens (tertiary/aromatic N) is 4. The lowest BCUT2D eigenvalue weighted by Crippen LogP contribution is -2.08. The first kappa shape index (κ1) is 11.8. The number of alkyl halides is 3. The van der Waals surface area contributed by atoms with Crippen molar-refractivity contribution in [2.45, 2.75) is 13.1 Å². The molecule has 0 atom stereocenters. The predicted octanol–water partition coefficient (Wildman–Crippen LogP) is 2.64. The van der Waals surface area contributed by atoms with E-state index in [0.717, 1.165) is 10.7 Å². The number of halogens is 4. The fourth-order valence-electron chi connectivity index (χ4n) is 1.24. The standard InChI is InChI=1S/C9H6ClF3N4/c1-5-4-14-8(10)15-7(5)17-3-2-6(16-17)9(11,12)13/h2-4H,1H3. The Kier molecular flexibility index (Phi) is 2.78. The molecule has 17 heavy (non-hydrogen) atoms. The van der Waals surface area contributed by atoms with Gasteiger partial charge in [-0.15, -0.1) is 0 Å². The topological polar surface area (TPSA) is 43.6 Å². The Labute approximate surface area is 99.1 Å². The summed E-state index contributed by atoms with van der Waals surface area (Å²) in [4.78, 5) is 7.54. The molecule has 0 saturated carbocycles. The Morgan fingerprint density at radius 2 is 2.06 bits per heavy atom. The molecule has 2 aromatic heterocycles. The first-order chi connectivity index (χ1) is 7.88. The quantitative estimate of drug-likeness (QED) is 0.742. The molecular weight excluding hydrogens is 257 g/mol. The van der Waals surface area contributed by atoms with Gasteiger partial charge in [0.25, 0.3) is 0 Å². The summed E-state index contributed by atoms with van der Waals surface area (Å²) in [5, 5.41) is 3.35. The first-order valence-electron chi connectivity index (χ1n) is 4.50. The largest absolute Gasteiger partial charge is 0.435 e. The highest BCUT2D eigenvalue weighted by molar-refractivity contribution is 6.28. The van der Waals surface area contributed by atoms with Gasteiger partial charge in [0, 0.05) is 18.0 Å². The second-order valence-electron chi connectivity index (χ2n) is 3.29. The van der Waals surface area contributed by atoms with Crippen molar-refractivity contribution in [1.82, 2.24) is 19.7 Å². The molecule has 0 aliphatic carbocycles. The molecule has 2 aromatic rings. The minimum atomic E-state index is -4.48. The van der Waals surface area contributed by atoms with Crippen molar-refractivity contribution in [2.75, 3.05) is 0 Å². The molecule has 2 rings (SSSR count). The fraction of sp³-hybridized carbons (Fsp3) is 0.222. The summed E-state index contributed by atoms with van der Waals surface area (Å²) in [7, 11) is 0. The van der Waals surface area contributed by atoms with Crippen LogP contribution in [0.25, 0.3) is 5.82 Å². The molecule has 0 saturated heterocycles. The molecule has 8 heteroatoms. The van der Waals surface area contributed by atoms with Gasteiger partial charge in [-0.25, -0.2) is 9.67 Å². The maximum absolute atomic E-state index is 12.4. The second-order valence-corrected chi connectivity index (χ2v) is 3.63. The summed E-state index contributed by atoms with van der Waals surface area (Å²) in [6.45, 7) is 1.65. The van der Waals surface area contributed by atoms with Gasteiger partial charge in [0.2, 0.25) is 5.28 Å². The Hall–Kier alpha value is -1.63. The molecule has 0 unspecified atom stereocenters. The van der Waals surface area contributed by atoms with Gasteiger partial charge < -0.3 is 0 Å². The van der Waals surface area contributed by atoms with Gasteiger partial charge in [0.1, 0.15) is 0 Å². The Balaban J connectivity index is 2.47. The van der Waals surface area contributed by atoms with Gasteiger partial charge in [-0.2, -0.15) is 23.3 Å². The molecular formula is C9H6ClF3N4. The van der Waals surface area contributed by atoms with Crippen molar-refractivity contribution in [3.8, 4) is 5.82 Å². The summed E-state index contributed by atoms with van der Waals surface area (Å²) < 4.78 is 38.1. The average Bonchev–Trinajstić information content (AvgIpc) is 2.70. The van der Waals surface area contributed by atoms with Crippen LogP contribution >= 0.6 is 11.6 Å². The second kappa shape index (κ2) is 3.99. The summed E-state index contributed by atoms with van der Waals surface area (Å²) >= 11 is 5.58. The molecule has 0 fully saturated rings. The molecule has 0 amide bonds. The summed E-state index contributed by atoms with van der Waals surface area (Å²) in [6.07, 6.45) is -1.88. The highest BCUT2D eigenvalue weighted by atomic mass is 35.5. The average molecular weight is 263 g/mol. The molecule has 0 radical (unpaired) electrons. The number of hydrogen-bond donors (Lipinski definition) is 0. The van der Waals surface area contributed by atoms with Gasteiger partial charge in [0.05, 0.1) is 0 Å². The zero-order chi connectivity index (χ0) is 12.6. The van der Waals surface area contributed by atoms with Crippen molar-refractivity contribution < 1.29 is 13.2 Å². The van der Waals surface area contributed by atoms with Crippen LogP contribution < -0.4 is 0 Å². The number of aryl methyl sites for hydroxylation is 1. The van der Waals surface area contributed by atoms with Crippen LogP contribution in [0.3, 0.4) is 0 Å². The molecule has 2 heterocycles. The summed E-state index contributed by atoms with van der Waals surface area (Å²) in [6, 6.07) is 0.870. The maximum atomic E-state index is 12.4. The van der Waals surface area contributed by atoms with Crippen LogP contribution in [0, 0.1) is 6.92 Å². The van der Waals surface area contributed by atoms with E-state index in [0.29, 0.717) is 5.56 Å². The van der Waals surface area contributed by atoms with Crippen LogP contribution in [0.2, 0.25) is 5.28 Å². The van der Waals surface area contributed by atoms with Crippen molar-refractivity contribution >= 4 is 11.6 Å². The number of rotatable bonds is 1. The Bertz CT molecular complexity index is 549. The Morgan fingerprint density at radius 1 is 1.35 bits per heavy atom. The molecule has 4 nitrogen and oxygen atoms in total. The number of aromatic nitrogens is 4. The van der Waals surface area contributed by atoms with E-state index in [4.69, 9.17) is 11.6 Å². The van der Waals surface area contributed by atoms with E-state index in [9.17, 15) is 13.2 Å². The van der Waals surface area contributed by atoms with Crippen molar-refractivity contribution in [3.05, 3.63) is 35.0 Å². The fourth-order valence-corrected chi connectivity index (χ4v) is 1.37. The van der Waals surface area contributed by atoms with Gasteiger partial charge in [-0.1, -0.05) is 0 Å². The normalized spacial score (nSPS) is 11.8. The van der Waals surface area contributed by atoms with Crippen LogP contribution in [0.4, 0.5) is 13.2 Å². The van der Waals surface area contributed by atoms with E-state index in [1.807, 2.05) is 0 Å². The highest BCUT2D eigenvalue weighted by Crippen LogP contribution is 2.28. The zero-order valence-corrected chi connectivity index (χ0v) is 9.29. The van der Waals surface area contributed by atoms with Crippen LogP contribution in [-0.2, 0) is 6.18 Å². The molecule has 0 bridgehead atoms. The van der Waals surface area contributed by atoms with Crippen LogP contribution in [0.1, 0.15) is 11.3 Å². The highest BCUT2D eigenvalue weighted by Gasteiger charge is 2.33. The molecule has 0 aliphatic rings. The van der Waals surface area contributed by atoms with Gasteiger partial charge >= 0.3 is 6.18 Å². The number of hydrogen-bond acceptors (Lipinski definition) is 3. The van der Waals surface area contributed by atoms with Gasteiger partial charge in [0.15, 0.2) is 11.5 Å². The third kappa shape index (κ3) is 2.38. The smallest absolute Gasteiger partial charge is 0.226 e. The Morgan fingerprint density at radius 3 is 2.65 bits per heavy atom. The summed E-state index contributed by atoms with van der Waals surface area (Å²) in [5.74, 6) is 0.223. The maximum Gasteiger partial charge on any atom is 0.435 e. The molecule has 90 valence electrons. The van der Waals surface area contributed by atoms with E-state index >= 15 is 0 Å². The third-order valence-corrected chi connectivity index (χ3v) is 2.19. The summed E-state index contributed by atoms with van der Waals surface area (Å²) in [5.41, 5.74) is -0.405. The van der Waals surface area contributed by atoms with Crippen LogP contribution in [0.15, 0.2) is 18.5 Å². The first-order valence-corrected chi connectivity index (χ1v) is 4.88. The van der Waals surface area contributed by atoms with Gasteiger partial charge in [-0.3, -0.25) is 0 Å². The monoisotopic (exact) mass is 262 g/mol. The zero-order valence-electron chi connectivity index (χ0n) is 8.53.